The molecule has 5 nitrogen and oxygen atoms in total. The number of rotatable bonds is 16. The van der Waals surface area contributed by atoms with Gasteiger partial charge in [0.2, 0.25) is 40.0 Å². The van der Waals surface area contributed by atoms with E-state index in [4.69, 9.17) is 0 Å². The second-order valence-electron chi connectivity index (χ2n) is 11.1. The van der Waals surface area contributed by atoms with Crippen LogP contribution in [0.1, 0.15) is 34.6 Å². The van der Waals surface area contributed by atoms with Gasteiger partial charge in [-0.25, -0.2) is 22.0 Å². The first kappa shape index (κ1) is 47.7. The van der Waals surface area contributed by atoms with Gasteiger partial charge in [0.25, 0.3) is 11.5 Å². The summed E-state index contributed by atoms with van der Waals surface area (Å²) in [4.78, 5) is 57.6. The number of carbonyl (C=O) groups excluding carboxylic acids is 5. The van der Waals surface area contributed by atoms with Gasteiger partial charge >= 0.3 is 53.7 Å². The lowest BCUT2D eigenvalue weighted by atomic mass is 9.74. The van der Waals surface area contributed by atoms with E-state index >= 15 is 0 Å². The lowest BCUT2D eigenvalue weighted by Crippen LogP contribution is -2.73. The van der Waals surface area contributed by atoms with Crippen molar-refractivity contribution < 1.29 is 125 Å². The molecule has 0 spiro atoms. The van der Waals surface area contributed by atoms with Crippen molar-refractivity contribution in [3.05, 3.63) is 0 Å². The Labute approximate surface area is 265 Å². The van der Waals surface area contributed by atoms with Gasteiger partial charge in [-0.2, -0.15) is 79.0 Å². The second kappa shape index (κ2) is 12.1. The summed E-state index contributed by atoms with van der Waals surface area (Å²) in [5, 5.41) is 0. The van der Waals surface area contributed by atoms with Crippen LogP contribution in [-0.2, 0) is 24.0 Å². The van der Waals surface area contributed by atoms with E-state index in [0.717, 1.165) is 0 Å². The number of alkyl halides is 22. The van der Waals surface area contributed by atoms with Crippen molar-refractivity contribution in [1.29, 1.82) is 0 Å². The molecule has 0 radical (unpaired) electrons. The van der Waals surface area contributed by atoms with Crippen LogP contribution in [0.25, 0.3) is 0 Å². The highest BCUT2D eigenvalue weighted by Crippen LogP contribution is 2.56. The smallest absolute Gasteiger partial charge is 0.289 e. The van der Waals surface area contributed by atoms with Crippen molar-refractivity contribution in [2.24, 2.45) is 0 Å². The number of hydrogen-bond acceptors (Lipinski definition) is 5. The molecule has 0 N–H and O–H groups in total. The standard InChI is InChI=1S/C23H15F23O5/c1-11(25,6(47)17(32,33)13(3,27)8(49)19(36,37)22(42,43)23(44,45)46)16(30,31)7(48)12(2,26)18(34,35)9(50)14(4,28)20(38,39)21(40,41)15(5,29)10(24)51/h1-5H3. The number of ketones is 4. The summed E-state index contributed by atoms with van der Waals surface area (Å²) < 4.78 is 320. The molecule has 5 unspecified atom stereocenters. The molecule has 0 saturated heterocycles. The molecule has 298 valence electrons. The van der Waals surface area contributed by atoms with E-state index in [9.17, 15) is 125 Å². The fraction of sp³-hybridized carbons (Fsp3) is 0.783. The summed E-state index contributed by atoms with van der Waals surface area (Å²) in [6.07, 6.45) is -7.63. The first-order chi connectivity index (χ1) is 21.6. The van der Waals surface area contributed by atoms with Crippen LogP contribution in [0.5, 0.6) is 0 Å². The minimum Gasteiger partial charge on any atom is -0.289 e. The monoisotopic (exact) mass is 808 g/mol. The molecule has 0 heterocycles. The number of halogens is 23. The summed E-state index contributed by atoms with van der Waals surface area (Å²) >= 11 is 0. The summed E-state index contributed by atoms with van der Waals surface area (Å²) in [7, 11) is 0. The minimum absolute atomic E-state index is 1.11. The molecule has 0 rings (SSSR count). The molecule has 0 fully saturated rings. The van der Waals surface area contributed by atoms with Crippen molar-refractivity contribution >= 4 is 29.2 Å². The maximum atomic E-state index is 15.0. The minimum atomic E-state index is -7.84. The third-order valence-corrected chi connectivity index (χ3v) is 7.31. The molecule has 0 aliphatic heterocycles. The molecule has 0 aliphatic rings. The Balaban J connectivity index is 7.20. The Hall–Kier alpha value is -3.26. The Morgan fingerprint density at radius 1 is 0.294 bits per heavy atom. The zero-order valence-electron chi connectivity index (χ0n) is 24.7. The highest BCUT2D eigenvalue weighted by Gasteiger charge is 2.85. The second-order valence-corrected chi connectivity index (χ2v) is 11.1. The maximum Gasteiger partial charge on any atom is 0.460 e. The highest BCUT2D eigenvalue weighted by atomic mass is 19.4. The van der Waals surface area contributed by atoms with Gasteiger partial charge in [-0.1, -0.05) is 0 Å². The quantitative estimate of drug-likeness (QED) is 0.120. The summed E-state index contributed by atoms with van der Waals surface area (Å²) in [5.41, 5.74) is -32.7. The van der Waals surface area contributed by atoms with Gasteiger partial charge in [0.1, 0.15) is 0 Å². The van der Waals surface area contributed by atoms with Crippen LogP contribution >= 0.6 is 0 Å². The van der Waals surface area contributed by atoms with Crippen molar-refractivity contribution in [2.75, 3.05) is 0 Å². The lowest BCUT2D eigenvalue weighted by Gasteiger charge is -2.41. The average molecular weight is 808 g/mol. The summed E-state index contributed by atoms with van der Waals surface area (Å²) in [6.45, 7) is -7.19. The summed E-state index contributed by atoms with van der Waals surface area (Å²) in [5.74, 6) is -72.5. The molecule has 0 saturated carbocycles. The van der Waals surface area contributed by atoms with E-state index in [1.165, 1.54) is 0 Å². The molecule has 0 aromatic heterocycles. The van der Waals surface area contributed by atoms with Crippen molar-refractivity contribution in [2.45, 2.75) is 111 Å². The molecule has 5 atom stereocenters. The zero-order chi connectivity index (χ0) is 42.4. The van der Waals surface area contributed by atoms with Crippen LogP contribution in [0.4, 0.5) is 101 Å². The molecule has 0 aliphatic carbocycles. The predicted molar refractivity (Wildman–Crippen MR) is 114 cm³/mol. The SMILES string of the molecule is CC(F)(C(=O)C(F)(F)C(C)(F)C(=O)C(F)(F)C(F)(F)C(F)(F)F)C(F)(F)C(=O)C(C)(F)C(F)(F)C(=O)C(C)(F)C(F)(F)C(F)(F)C(C)(F)C(=O)F. The van der Waals surface area contributed by atoms with Gasteiger partial charge in [-0.05, 0) is 34.6 Å². The van der Waals surface area contributed by atoms with E-state index in [0.29, 0.717) is 0 Å². The Morgan fingerprint density at radius 2 is 0.490 bits per heavy atom. The van der Waals surface area contributed by atoms with Crippen LogP contribution in [0, 0.1) is 0 Å². The van der Waals surface area contributed by atoms with Crippen LogP contribution in [-0.4, -0.2) is 105 Å². The van der Waals surface area contributed by atoms with Gasteiger partial charge in [0.05, 0.1) is 0 Å². The Bertz CT molecular complexity index is 1450. The first-order valence-corrected chi connectivity index (χ1v) is 12.1. The third-order valence-electron chi connectivity index (χ3n) is 7.31. The molecule has 28 heteroatoms. The number of Topliss-reactive ketones (excluding diaryl/α,β-unsaturated/α-hetero) is 4. The normalized spacial score (nSPS) is 20.5. The molecule has 51 heavy (non-hydrogen) atoms. The fourth-order valence-electron chi connectivity index (χ4n) is 3.42. The molecule has 0 aromatic rings. The topological polar surface area (TPSA) is 85.3 Å². The van der Waals surface area contributed by atoms with Gasteiger partial charge in [0, 0.05) is 0 Å². The Kier molecular flexibility index (Phi) is 11.4. The van der Waals surface area contributed by atoms with Crippen LogP contribution in [0.15, 0.2) is 0 Å². The van der Waals surface area contributed by atoms with Crippen LogP contribution in [0.2, 0.25) is 0 Å². The van der Waals surface area contributed by atoms with Gasteiger partial charge in [0.15, 0.2) is 0 Å². The van der Waals surface area contributed by atoms with Crippen molar-refractivity contribution in [3.8, 4) is 0 Å². The van der Waals surface area contributed by atoms with E-state index in [1.54, 1.807) is 0 Å². The maximum absolute atomic E-state index is 15.0. The van der Waals surface area contributed by atoms with Crippen LogP contribution < -0.4 is 0 Å². The van der Waals surface area contributed by atoms with E-state index in [-0.39, 0.29) is 0 Å². The van der Waals surface area contributed by atoms with Gasteiger partial charge < -0.3 is 0 Å². The molecule has 0 bridgehead atoms. The summed E-state index contributed by atoms with van der Waals surface area (Å²) in [6, 6.07) is -4.13. The molecule has 0 aromatic carbocycles. The number of carbonyl (C=O) groups is 5. The molecular formula is C23H15F23O5. The van der Waals surface area contributed by atoms with E-state index in [2.05, 4.69) is 0 Å². The fourth-order valence-corrected chi connectivity index (χ4v) is 3.42. The predicted octanol–water partition coefficient (Wildman–Crippen LogP) is 7.41. The first-order valence-electron chi connectivity index (χ1n) is 12.1. The largest absolute Gasteiger partial charge is 0.460 e. The van der Waals surface area contributed by atoms with E-state index < -0.39 is 140 Å². The van der Waals surface area contributed by atoms with E-state index in [1.807, 2.05) is 0 Å². The van der Waals surface area contributed by atoms with Crippen molar-refractivity contribution in [1.82, 2.24) is 0 Å². The molecular weight excluding hydrogens is 793 g/mol. The Morgan fingerprint density at radius 3 is 0.706 bits per heavy atom. The van der Waals surface area contributed by atoms with Gasteiger partial charge in [-0.3, -0.25) is 24.0 Å². The average Bonchev–Trinajstić information content (AvgIpc) is 2.93. The van der Waals surface area contributed by atoms with Crippen LogP contribution in [0.3, 0.4) is 0 Å². The molecule has 0 amide bonds. The van der Waals surface area contributed by atoms with Crippen molar-refractivity contribution in [3.63, 3.8) is 0 Å². The number of hydrogen-bond donors (Lipinski definition) is 0. The highest BCUT2D eigenvalue weighted by molar-refractivity contribution is 6.10. The third kappa shape index (κ3) is 6.21. The lowest BCUT2D eigenvalue weighted by molar-refractivity contribution is -0.346. The zero-order valence-corrected chi connectivity index (χ0v) is 24.7. The van der Waals surface area contributed by atoms with Gasteiger partial charge in [-0.15, -0.1) is 0 Å².